The minimum Gasteiger partial charge on any atom is -0.381 e. The Morgan fingerprint density at radius 2 is 2.14 bits per heavy atom. The number of fused-ring (bicyclic) bond motifs is 1. The summed E-state index contributed by atoms with van der Waals surface area (Å²) >= 11 is 0. The van der Waals surface area contributed by atoms with E-state index in [0.717, 1.165) is 37.7 Å². The van der Waals surface area contributed by atoms with Crippen molar-refractivity contribution in [2.75, 3.05) is 25.1 Å². The van der Waals surface area contributed by atoms with Gasteiger partial charge in [0.1, 0.15) is 6.33 Å². The molecular weight excluding hydrogens is 280 g/mol. The number of nitrogens with zero attached hydrogens (tertiary/aromatic N) is 5. The maximum atomic E-state index is 5.39. The number of aromatic nitrogens is 5. The highest BCUT2D eigenvalue weighted by Gasteiger charge is 2.17. The van der Waals surface area contributed by atoms with E-state index in [0.29, 0.717) is 17.1 Å². The van der Waals surface area contributed by atoms with Crippen molar-refractivity contribution in [3.05, 3.63) is 36.7 Å². The summed E-state index contributed by atoms with van der Waals surface area (Å²) in [6.45, 7) is 2.47. The summed E-state index contributed by atoms with van der Waals surface area (Å²) in [5.74, 6) is 1.24. The quantitative estimate of drug-likeness (QED) is 0.789. The minimum atomic E-state index is 0.522. The standard InChI is InChI=1S/C15H16N6O/c1-2-4-12(5-3-1)21-15-13(19-20-21)14(17-10-18-15)16-8-11-6-7-22-9-11/h1-5,10-11H,6-9H2,(H,16,17,18)/t11-/m1/s1. The zero-order valence-electron chi connectivity index (χ0n) is 12.0. The molecule has 1 atom stereocenters. The molecule has 3 aromatic rings. The molecule has 0 saturated carbocycles. The summed E-state index contributed by atoms with van der Waals surface area (Å²) < 4.78 is 7.11. The molecule has 0 amide bonds. The molecule has 2 aromatic heterocycles. The number of anilines is 1. The number of para-hydroxylation sites is 1. The van der Waals surface area contributed by atoms with Crippen LogP contribution in [0.4, 0.5) is 5.82 Å². The molecule has 0 unspecified atom stereocenters. The van der Waals surface area contributed by atoms with Gasteiger partial charge in [0, 0.05) is 19.1 Å². The van der Waals surface area contributed by atoms with Crippen LogP contribution >= 0.6 is 0 Å². The van der Waals surface area contributed by atoms with Crippen LogP contribution in [0.15, 0.2) is 36.7 Å². The van der Waals surface area contributed by atoms with Gasteiger partial charge in [0.25, 0.3) is 0 Å². The van der Waals surface area contributed by atoms with Gasteiger partial charge < -0.3 is 10.1 Å². The van der Waals surface area contributed by atoms with Crippen molar-refractivity contribution in [1.82, 2.24) is 25.0 Å². The van der Waals surface area contributed by atoms with Gasteiger partial charge >= 0.3 is 0 Å². The smallest absolute Gasteiger partial charge is 0.188 e. The first kappa shape index (κ1) is 13.1. The van der Waals surface area contributed by atoms with Gasteiger partial charge in [-0.1, -0.05) is 23.4 Å². The lowest BCUT2D eigenvalue weighted by atomic mass is 10.1. The Labute approximate surface area is 127 Å². The van der Waals surface area contributed by atoms with Crippen molar-refractivity contribution in [1.29, 1.82) is 0 Å². The Morgan fingerprint density at radius 1 is 1.23 bits per heavy atom. The van der Waals surface area contributed by atoms with E-state index in [9.17, 15) is 0 Å². The maximum Gasteiger partial charge on any atom is 0.188 e. The van der Waals surface area contributed by atoms with Crippen LogP contribution in [0.2, 0.25) is 0 Å². The van der Waals surface area contributed by atoms with Crippen LogP contribution in [0.5, 0.6) is 0 Å². The number of rotatable bonds is 4. The Balaban J connectivity index is 1.65. The lowest BCUT2D eigenvalue weighted by Gasteiger charge is -2.09. The van der Waals surface area contributed by atoms with E-state index in [1.165, 1.54) is 0 Å². The van der Waals surface area contributed by atoms with Crippen molar-refractivity contribution in [2.24, 2.45) is 5.92 Å². The molecule has 0 radical (unpaired) electrons. The van der Waals surface area contributed by atoms with Gasteiger partial charge in [-0.15, -0.1) is 5.10 Å². The van der Waals surface area contributed by atoms with Crippen molar-refractivity contribution < 1.29 is 4.74 Å². The molecule has 0 bridgehead atoms. The normalized spacial score (nSPS) is 17.9. The third kappa shape index (κ3) is 2.39. The van der Waals surface area contributed by atoms with Crippen LogP contribution in [0.1, 0.15) is 6.42 Å². The molecular formula is C15H16N6O. The Kier molecular flexibility index (Phi) is 3.40. The average molecular weight is 296 g/mol. The second kappa shape index (κ2) is 5.69. The summed E-state index contributed by atoms with van der Waals surface area (Å²) in [6, 6.07) is 9.83. The molecule has 112 valence electrons. The third-order valence-electron chi connectivity index (χ3n) is 3.82. The molecule has 1 aliphatic rings. The topological polar surface area (TPSA) is 77.8 Å². The molecule has 7 heteroatoms. The average Bonchev–Trinajstić information content (AvgIpc) is 3.23. The second-order valence-corrected chi connectivity index (χ2v) is 5.34. The van der Waals surface area contributed by atoms with E-state index < -0.39 is 0 Å². The number of nitrogens with one attached hydrogen (secondary N) is 1. The van der Waals surface area contributed by atoms with Crippen LogP contribution < -0.4 is 5.32 Å². The van der Waals surface area contributed by atoms with Gasteiger partial charge in [0.05, 0.1) is 12.3 Å². The Morgan fingerprint density at radius 3 is 2.95 bits per heavy atom. The predicted octanol–water partition coefficient (Wildman–Crippen LogP) is 1.66. The molecule has 1 aromatic carbocycles. The second-order valence-electron chi connectivity index (χ2n) is 5.34. The van der Waals surface area contributed by atoms with Gasteiger partial charge in [-0.05, 0) is 18.6 Å². The summed E-state index contributed by atoms with van der Waals surface area (Å²) in [5, 5.41) is 11.8. The molecule has 1 saturated heterocycles. The van der Waals surface area contributed by atoms with Crippen molar-refractivity contribution in [3.63, 3.8) is 0 Å². The minimum absolute atomic E-state index is 0.522. The maximum absolute atomic E-state index is 5.39. The van der Waals surface area contributed by atoms with E-state index >= 15 is 0 Å². The van der Waals surface area contributed by atoms with Crippen LogP contribution in [0.25, 0.3) is 16.9 Å². The zero-order chi connectivity index (χ0) is 14.8. The van der Waals surface area contributed by atoms with E-state index in [-0.39, 0.29) is 0 Å². The van der Waals surface area contributed by atoms with Gasteiger partial charge in [-0.3, -0.25) is 0 Å². The zero-order valence-corrected chi connectivity index (χ0v) is 12.0. The van der Waals surface area contributed by atoms with Gasteiger partial charge in [0.2, 0.25) is 0 Å². The highest BCUT2D eigenvalue weighted by atomic mass is 16.5. The van der Waals surface area contributed by atoms with Crippen molar-refractivity contribution in [2.45, 2.75) is 6.42 Å². The number of hydrogen-bond acceptors (Lipinski definition) is 6. The van der Waals surface area contributed by atoms with Crippen LogP contribution in [0, 0.1) is 5.92 Å². The predicted molar refractivity (Wildman–Crippen MR) is 81.9 cm³/mol. The summed E-state index contributed by atoms with van der Waals surface area (Å²) in [4.78, 5) is 8.62. The molecule has 1 fully saturated rings. The van der Waals surface area contributed by atoms with Crippen LogP contribution in [0.3, 0.4) is 0 Å². The van der Waals surface area contributed by atoms with E-state index in [1.807, 2.05) is 30.3 Å². The molecule has 0 spiro atoms. The van der Waals surface area contributed by atoms with Crippen molar-refractivity contribution >= 4 is 17.0 Å². The molecule has 7 nitrogen and oxygen atoms in total. The molecule has 1 aliphatic heterocycles. The number of ether oxygens (including phenoxy) is 1. The van der Waals surface area contributed by atoms with Gasteiger partial charge in [-0.25, -0.2) is 9.97 Å². The van der Waals surface area contributed by atoms with Gasteiger partial charge in [0.15, 0.2) is 17.0 Å². The van der Waals surface area contributed by atoms with E-state index in [4.69, 9.17) is 4.74 Å². The number of hydrogen-bond donors (Lipinski definition) is 1. The highest BCUT2D eigenvalue weighted by Crippen LogP contribution is 2.20. The van der Waals surface area contributed by atoms with Crippen LogP contribution in [-0.2, 0) is 4.74 Å². The monoisotopic (exact) mass is 296 g/mol. The molecule has 4 rings (SSSR count). The van der Waals surface area contributed by atoms with Gasteiger partial charge in [-0.2, -0.15) is 4.68 Å². The molecule has 3 heterocycles. The first-order valence-electron chi connectivity index (χ1n) is 7.35. The molecule has 1 N–H and O–H groups in total. The lowest BCUT2D eigenvalue weighted by molar-refractivity contribution is 0.187. The van der Waals surface area contributed by atoms with E-state index in [2.05, 4.69) is 25.6 Å². The molecule has 22 heavy (non-hydrogen) atoms. The Bertz CT molecular complexity index is 766. The van der Waals surface area contributed by atoms with Crippen molar-refractivity contribution in [3.8, 4) is 5.69 Å². The Hall–Kier alpha value is -2.54. The number of benzene rings is 1. The SMILES string of the molecule is c1ccc(-n2nnc3c(NC[C@H]4CCOC4)ncnc32)cc1. The fourth-order valence-electron chi connectivity index (χ4n) is 2.61. The summed E-state index contributed by atoms with van der Waals surface area (Å²) in [6.07, 6.45) is 2.62. The third-order valence-corrected chi connectivity index (χ3v) is 3.82. The fourth-order valence-corrected chi connectivity index (χ4v) is 2.61. The van der Waals surface area contributed by atoms with E-state index in [1.54, 1.807) is 11.0 Å². The highest BCUT2D eigenvalue weighted by molar-refractivity contribution is 5.82. The summed E-state index contributed by atoms with van der Waals surface area (Å²) in [5.41, 5.74) is 2.32. The lowest BCUT2D eigenvalue weighted by Crippen LogP contribution is -2.15. The fraction of sp³-hybridized carbons (Fsp3) is 0.333. The van der Waals surface area contributed by atoms with Crippen LogP contribution in [-0.4, -0.2) is 44.7 Å². The largest absolute Gasteiger partial charge is 0.381 e. The first-order chi connectivity index (χ1) is 10.9. The first-order valence-corrected chi connectivity index (χ1v) is 7.35. The molecule has 0 aliphatic carbocycles. The summed E-state index contributed by atoms with van der Waals surface area (Å²) in [7, 11) is 0.